The van der Waals surface area contributed by atoms with Gasteiger partial charge in [-0.25, -0.2) is 9.78 Å². The number of nitrogens with zero attached hydrogens (tertiary/aromatic N) is 2. The van der Waals surface area contributed by atoms with Crippen LogP contribution < -0.4 is 5.32 Å². The number of hydrogen-bond donors (Lipinski definition) is 2. The first-order valence-electron chi connectivity index (χ1n) is 7.21. The van der Waals surface area contributed by atoms with Crippen LogP contribution >= 0.6 is 0 Å². The number of amides is 1. The molecule has 0 radical (unpaired) electrons. The molecule has 1 aliphatic carbocycles. The van der Waals surface area contributed by atoms with Gasteiger partial charge in [0.2, 0.25) is 5.91 Å². The molecule has 7 heteroatoms. The second-order valence-corrected chi connectivity index (χ2v) is 5.82. The lowest BCUT2D eigenvalue weighted by atomic mass is 9.93. The number of carboxylic acids is 1. The maximum Gasteiger partial charge on any atom is 0.356 e. The van der Waals surface area contributed by atoms with Crippen LogP contribution in [0, 0.1) is 11.3 Å². The summed E-state index contributed by atoms with van der Waals surface area (Å²) in [5.74, 6) is -0.813. The van der Waals surface area contributed by atoms with Crippen molar-refractivity contribution in [2.24, 2.45) is 11.3 Å². The van der Waals surface area contributed by atoms with Crippen LogP contribution in [0.3, 0.4) is 0 Å². The van der Waals surface area contributed by atoms with E-state index < -0.39 is 5.97 Å². The van der Waals surface area contributed by atoms with Crippen molar-refractivity contribution in [1.82, 2.24) is 14.9 Å². The molecule has 2 aliphatic rings. The minimum absolute atomic E-state index is 0.0182. The Labute approximate surface area is 122 Å². The van der Waals surface area contributed by atoms with Crippen molar-refractivity contribution in [3.8, 4) is 0 Å². The fraction of sp³-hybridized carbons (Fsp3) is 0.643. The van der Waals surface area contributed by atoms with Gasteiger partial charge in [0.25, 0.3) is 0 Å². The molecule has 1 spiro atoms. The molecule has 1 unspecified atom stereocenters. The van der Waals surface area contributed by atoms with E-state index in [1.165, 1.54) is 12.5 Å². The first-order chi connectivity index (χ1) is 10.1. The van der Waals surface area contributed by atoms with Gasteiger partial charge in [0.05, 0.1) is 6.33 Å². The zero-order valence-corrected chi connectivity index (χ0v) is 11.7. The first-order valence-corrected chi connectivity index (χ1v) is 7.21. The van der Waals surface area contributed by atoms with Gasteiger partial charge >= 0.3 is 5.97 Å². The average Bonchev–Trinajstić information content (AvgIpc) is 2.95. The standard InChI is InChI=1S/C14H19N3O4/c18-12(10-7-14(10)1-5-21-6-2-14)15-3-4-17-8-11(13(19)20)16-9-17/h8-10H,1-7H2,(H,15,18)(H,19,20). The highest BCUT2D eigenvalue weighted by molar-refractivity contribution is 5.85. The fourth-order valence-corrected chi connectivity index (χ4v) is 3.07. The van der Waals surface area contributed by atoms with Crippen molar-refractivity contribution in [3.05, 3.63) is 18.2 Å². The Morgan fingerprint density at radius 1 is 1.48 bits per heavy atom. The van der Waals surface area contributed by atoms with E-state index in [-0.39, 0.29) is 22.9 Å². The van der Waals surface area contributed by atoms with E-state index in [1.54, 1.807) is 4.57 Å². The second kappa shape index (κ2) is 5.48. The lowest BCUT2D eigenvalue weighted by Gasteiger charge is -2.22. The summed E-state index contributed by atoms with van der Waals surface area (Å²) in [7, 11) is 0. The van der Waals surface area contributed by atoms with Gasteiger partial charge in [0.15, 0.2) is 5.69 Å². The Bertz CT molecular complexity index is 548. The SMILES string of the molecule is O=C(O)c1cn(CCNC(=O)C2CC23CCOCC3)cn1. The Morgan fingerprint density at radius 2 is 2.24 bits per heavy atom. The van der Waals surface area contributed by atoms with Gasteiger partial charge in [-0.15, -0.1) is 0 Å². The summed E-state index contributed by atoms with van der Waals surface area (Å²) < 4.78 is 7.01. The molecule has 2 heterocycles. The summed E-state index contributed by atoms with van der Waals surface area (Å²) in [6, 6.07) is 0. The molecule has 2 N–H and O–H groups in total. The Kier molecular flexibility index (Phi) is 3.67. The van der Waals surface area contributed by atoms with E-state index in [1.807, 2.05) is 0 Å². The molecular weight excluding hydrogens is 274 g/mol. The van der Waals surface area contributed by atoms with Crippen molar-refractivity contribution >= 4 is 11.9 Å². The number of nitrogens with one attached hydrogen (secondary N) is 1. The van der Waals surface area contributed by atoms with Gasteiger partial charge < -0.3 is 19.7 Å². The summed E-state index contributed by atoms with van der Waals surface area (Å²) in [6.07, 6.45) is 5.86. The monoisotopic (exact) mass is 293 g/mol. The third-order valence-electron chi connectivity index (χ3n) is 4.52. The van der Waals surface area contributed by atoms with Gasteiger partial charge in [-0.2, -0.15) is 0 Å². The van der Waals surface area contributed by atoms with E-state index in [2.05, 4.69) is 10.3 Å². The van der Waals surface area contributed by atoms with Gasteiger partial charge in [-0.1, -0.05) is 0 Å². The second-order valence-electron chi connectivity index (χ2n) is 5.82. The highest BCUT2D eigenvalue weighted by atomic mass is 16.5. The molecule has 1 atom stereocenters. The van der Waals surface area contributed by atoms with Crippen LogP contribution in [0.25, 0.3) is 0 Å². The number of carboxylic acid groups (broad SMARTS) is 1. The van der Waals surface area contributed by atoms with Crippen molar-refractivity contribution in [2.45, 2.75) is 25.8 Å². The number of ether oxygens (including phenoxy) is 1. The minimum atomic E-state index is -1.04. The lowest BCUT2D eigenvalue weighted by Crippen LogP contribution is -2.31. The number of carbonyl (C=O) groups excluding carboxylic acids is 1. The topological polar surface area (TPSA) is 93.5 Å². The molecule has 1 aromatic rings. The maximum absolute atomic E-state index is 12.1. The van der Waals surface area contributed by atoms with Crippen LogP contribution in [0.2, 0.25) is 0 Å². The fourth-order valence-electron chi connectivity index (χ4n) is 3.07. The highest BCUT2D eigenvalue weighted by Crippen LogP contribution is 2.59. The highest BCUT2D eigenvalue weighted by Gasteiger charge is 2.57. The molecule has 114 valence electrons. The smallest absolute Gasteiger partial charge is 0.356 e. The van der Waals surface area contributed by atoms with Crippen LogP contribution in [0.1, 0.15) is 29.8 Å². The summed E-state index contributed by atoms with van der Waals surface area (Å²) in [4.78, 5) is 26.6. The third-order valence-corrected chi connectivity index (χ3v) is 4.52. The zero-order valence-electron chi connectivity index (χ0n) is 11.7. The van der Waals surface area contributed by atoms with Crippen molar-refractivity contribution in [3.63, 3.8) is 0 Å². The normalized spacial score (nSPS) is 23.0. The molecule has 2 fully saturated rings. The summed E-state index contributed by atoms with van der Waals surface area (Å²) in [5.41, 5.74) is 0.207. The van der Waals surface area contributed by atoms with Gasteiger partial charge in [0.1, 0.15) is 0 Å². The molecule has 1 saturated carbocycles. The van der Waals surface area contributed by atoms with Gasteiger partial charge in [0, 0.05) is 38.4 Å². The predicted molar refractivity (Wildman–Crippen MR) is 72.8 cm³/mol. The molecule has 7 nitrogen and oxygen atoms in total. The largest absolute Gasteiger partial charge is 0.476 e. The van der Waals surface area contributed by atoms with E-state index in [0.717, 1.165) is 32.5 Å². The number of carbonyl (C=O) groups is 2. The molecule has 1 saturated heterocycles. The van der Waals surface area contributed by atoms with Gasteiger partial charge in [-0.05, 0) is 24.7 Å². The first kappa shape index (κ1) is 14.1. The summed E-state index contributed by atoms with van der Waals surface area (Å²) >= 11 is 0. The molecule has 1 aromatic heterocycles. The Balaban J connectivity index is 1.43. The van der Waals surface area contributed by atoms with E-state index >= 15 is 0 Å². The van der Waals surface area contributed by atoms with Gasteiger partial charge in [-0.3, -0.25) is 4.79 Å². The average molecular weight is 293 g/mol. The molecule has 1 amide bonds. The zero-order chi connectivity index (χ0) is 14.9. The summed E-state index contributed by atoms with van der Waals surface area (Å²) in [5, 5.41) is 11.7. The Hall–Kier alpha value is -1.89. The quantitative estimate of drug-likeness (QED) is 0.825. The number of hydrogen-bond acceptors (Lipinski definition) is 4. The van der Waals surface area contributed by atoms with Crippen LogP contribution in [0.15, 0.2) is 12.5 Å². The summed E-state index contributed by atoms with van der Waals surface area (Å²) in [6.45, 7) is 2.53. The molecule has 0 aromatic carbocycles. The molecule has 0 bridgehead atoms. The molecule has 21 heavy (non-hydrogen) atoms. The third kappa shape index (κ3) is 2.92. The van der Waals surface area contributed by atoms with Crippen LogP contribution in [0.4, 0.5) is 0 Å². The van der Waals surface area contributed by atoms with Crippen LogP contribution in [-0.2, 0) is 16.1 Å². The van der Waals surface area contributed by atoms with Crippen LogP contribution in [0.5, 0.6) is 0 Å². The van der Waals surface area contributed by atoms with E-state index in [0.29, 0.717) is 13.1 Å². The number of aromatic carboxylic acids is 1. The van der Waals surface area contributed by atoms with Crippen LogP contribution in [-0.4, -0.2) is 46.3 Å². The van der Waals surface area contributed by atoms with E-state index in [4.69, 9.17) is 9.84 Å². The Morgan fingerprint density at radius 3 is 2.90 bits per heavy atom. The van der Waals surface area contributed by atoms with Crippen molar-refractivity contribution in [1.29, 1.82) is 0 Å². The van der Waals surface area contributed by atoms with E-state index in [9.17, 15) is 9.59 Å². The van der Waals surface area contributed by atoms with Crippen molar-refractivity contribution in [2.75, 3.05) is 19.8 Å². The molecular formula is C14H19N3O4. The predicted octanol–water partition coefficient (Wildman–Crippen LogP) is 0.514. The number of rotatable bonds is 5. The van der Waals surface area contributed by atoms with Crippen molar-refractivity contribution < 1.29 is 19.4 Å². The lowest BCUT2D eigenvalue weighted by molar-refractivity contribution is -0.123. The maximum atomic E-state index is 12.1. The molecule has 1 aliphatic heterocycles. The minimum Gasteiger partial charge on any atom is -0.476 e. The molecule has 3 rings (SSSR count). The number of imidazole rings is 1. The number of aromatic nitrogens is 2.